The number of hydrogen-bond acceptors (Lipinski definition) is 6. The van der Waals surface area contributed by atoms with E-state index >= 15 is 0 Å². The number of carbonyl (C=O) groups excluding carboxylic acids is 3. The smallest absolute Gasteiger partial charge is 0.313 e. The fourth-order valence-corrected chi connectivity index (χ4v) is 4.66. The highest BCUT2D eigenvalue weighted by molar-refractivity contribution is 7.08. The van der Waals surface area contributed by atoms with E-state index in [-0.39, 0.29) is 23.4 Å². The van der Waals surface area contributed by atoms with E-state index in [1.54, 1.807) is 17.9 Å². The first kappa shape index (κ1) is 21.3. The molecule has 164 valence electrons. The molecule has 2 atom stereocenters. The summed E-state index contributed by atoms with van der Waals surface area (Å²) in [5, 5.41) is 6.53. The van der Waals surface area contributed by atoms with E-state index in [1.807, 2.05) is 35.6 Å². The van der Waals surface area contributed by atoms with Gasteiger partial charge in [0.25, 0.3) is 0 Å². The van der Waals surface area contributed by atoms with Gasteiger partial charge in [-0.25, -0.2) is 4.98 Å². The summed E-state index contributed by atoms with van der Waals surface area (Å²) in [5.41, 5.74) is 7.51. The maximum Gasteiger partial charge on any atom is 0.313 e. The number of aromatic nitrogens is 1. The van der Waals surface area contributed by atoms with Crippen LogP contribution >= 0.6 is 11.3 Å². The number of pyridine rings is 1. The van der Waals surface area contributed by atoms with Crippen LogP contribution in [0.1, 0.15) is 43.9 Å². The third-order valence-electron chi connectivity index (χ3n) is 6.28. The number of nitrogens with zero attached hydrogens (tertiary/aromatic N) is 3. The second kappa shape index (κ2) is 7.96. The molecule has 1 aliphatic heterocycles. The minimum absolute atomic E-state index is 0.139. The molecule has 1 unspecified atom stereocenters. The molecular weight excluding hydrogens is 414 g/mol. The van der Waals surface area contributed by atoms with Crippen molar-refractivity contribution in [3.05, 3.63) is 40.2 Å². The lowest BCUT2D eigenvalue weighted by Gasteiger charge is -2.45. The summed E-state index contributed by atoms with van der Waals surface area (Å²) >= 11 is 1.53. The van der Waals surface area contributed by atoms with Crippen molar-refractivity contribution in [3.63, 3.8) is 0 Å². The molecule has 1 aliphatic carbocycles. The van der Waals surface area contributed by atoms with Crippen molar-refractivity contribution in [1.82, 2.24) is 14.8 Å². The molecule has 1 saturated heterocycles. The molecule has 2 aromatic rings. The van der Waals surface area contributed by atoms with Gasteiger partial charge in [0, 0.05) is 24.5 Å². The van der Waals surface area contributed by atoms with E-state index in [9.17, 15) is 14.4 Å². The zero-order valence-electron chi connectivity index (χ0n) is 17.9. The Labute approximate surface area is 185 Å². The van der Waals surface area contributed by atoms with Crippen LogP contribution < -0.4 is 11.1 Å². The summed E-state index contributed by atoms with van der Waals surface area (Å²) in [6, 6.07) is 3.09. The monoisotopic (exact) mass is 441 g/mol. The molecule has 3 amide bonds. The Morgan fingerprint density at radius 2 is 2.00 bits per heavy atom. The Kier molecular flexibility index (Phi) is 5.47. The number of piperazine rings is 1. The fourth-order valence-electron chi connectivity index (χ4n) is 3.95. The lowest BCUT2D eigenvalue weighted by molar-refractivity contribution is -0.153. The van der Waals surface area contributed by atoms with Crippen LogP contribution in [-0.4, -0.2) is 51.6 Å². The van der Waals surface area contributed by atoms with E-state index in [0.29, 0.717) is 24.6 Å². The molecule has 2 aliphatic rings. The lowest BCUT2D eigenvalue weighted by atomic mass is 9.98. The lowest BCUT2D eigenvalue weighted by Crippen LogP contribution is -2.59. The molecule has 3 N–H and O–H groups in total. The van der Waals surface area contributed by atoms with E-state index in [0.717, 1.165) is 24.0 Å². The van der Waals surface area contributed by atoms with Gasteiger partial charge < -0.3 is 20.9 Å². The molecule has 2 fully saturated rings. The molecule has 0 radical (unpaired) electrons. The molecule has 0 bridgehead atoms. The number of thiophene rings is 1. The minimum atomic E-state index is -0.729. The van der Waals surface area contributed by atoms with E-state index in [4.69, 9.17) is 5.73 Å². The summed E-state index contributed by atoms with van der Waals surface area (Å²) < 4.78 is 0. The van der Waals surface area contributed by atoms with Gasteiger partial charge in [-0.05, 0) is 60.7 Å². The van der Waals surface area contributed by atoms with Crippen LogP contribution in [0, 0.1) is 12.3 Å². The molecule has 3 heterocycles. The second-order valence-corrected chi connectivity index (χ2v) is 9.56. The van der Waals surface area contributed by atoms with Crippen molar-refractivity contribution in [1.29, 1.82) is 0 Å². The van der Waals surface area contributed by atoms with Crippen LogP contribution in [0.3, 0.4) is 0 Å². The summed E-state index contributed by atoms with van der Waals surface area (Å²) in [7, 11) is 0. The van der Waals surface area contributed by atoms with Crippen molar-refractivity contribution in [3.8, 4) is 0 Å². The van der Waals surface area contributed by atoms with Gasteiger partial charge >= 0.3 is 11.8 Å². The van der Waals surface area contributed by atoms with Crippen LogP contribution in [0.15, 0.2) is 29.1 Å². The Hall–Kier alpha value is -2.94. The summed E-state index contributed by atoms with van der Waals surface area (Å²) in [6.45, 7) is 6.39. The highest BCUT2D eigenvalue weighted by Crippen LogP contribution is 2.47. The largest absolute Gasteiger partial charge is 0.383 e. The first-order valence-electron chi connectivity index (χ1n) is 10.4. The number of carbonyl (C=O) groups is 3. The Bertz CT molecular complexity index is 1020. The number of aryl methyl sites for hydroxylation is 1. The van der Waals surface area contributed by atoms with Crippen molar-refractivity contribution in [2.75, 3.05) is 24.1 Å². The van der Waals surface area contributed by atoms with Gasteiger partial charge in [-0.1, -0.05) is 6.92 Å². The quantitative estimate of drug-likeness (QED) is 0.712. The molecule has 1 saturated carbocycles. The Morgan fingerprint density at radius 3 is 2.61 bits per heavy atom. The maximum absolute atomic E-state index is 13.2. The average molecular weight is 442 g/mol. The normalized spacial score (nSPS) is 22.2. The fraction of sp³-hybridized carbons (Fsp3) is 0.455. The van der Waals surface area contributed by atoms with Crippen molar-refractivity contribution in [2.24, 2.45) is 5.41 Å². The van der Waals surface area contributed by atoms with Gasteiger partial charge in [0.05, 0.1) is 17.9 Å². The number of amides is 3. The van der Waals surface area contributed by atoms with E-state index < -0.39 is 11.8 Å². The minimum Gasteiger partial charge on any atom is -0.383 e. The first-order chi connectivity index (χ1) is 14.7. The summed E-state index contributed by atoms with van der Waals surface area (Å²) in [6.07, 6.45) is 3.23. The van der Waals surface area contributed by atoms with Crippen molar-refractivity contribution in [2.45, 2.75) is 45.7 Å². The molecule has 0 aromatic carbocycles. The third-order valence-corrected chi connectivity index (χ3v) is 6.98. The number of rotatable bonds is 3. The molecule has 9 heteroatoms. The van der Waals surface area contributed by atoms with Crippen LogP contribution in [0.25, 0.3) is 0 Å². The molecule has 4 rings (SSSR count). The van der Waals surface area contributed by atoms with Crippen LogP contribution in [-0.2, 0) is 14.4 Å². The molecular formula is C22H27N5O3S. The third kappa shape index (κ3) is 4.14. The first-order valence-corrected chi connectivity index (χ1v) is 11.3. The number of nitrogens with one attached hydrogen (secondary N) is 1. The van der Waals surface area contributed by atoms with Gasteiger partial charge in [0.1, 0.15) is 5.82 Å². The Balaban J connectivity index is 1.55. The topological polar surface area (TPSA) is 109 Å². The SMILES string of the molecule is Cc1cc(NC(=O)C(=O)N2C[C@@H](C)N(C(=O)C3(C)CC3)CC2c2ccsc2)cnc1N. The summed E-state index contributed by atoms with van der Waals surface area (Å²) in [4.78, 5) is 46.5. The number of anilines is 2. The van der Waals surface area contributed by atoms with Crippen molar-refractivity contribution >= 4 is 40.6 Å². The Morgan fingerprint density at radius 1 is 1.26 bits per heavy atom. The maximum atomic E-state index is 13.2. The van der Waals surface area contributed by atoms with Gasteiger partial charge in [0.15, 0.2) is 0 Å². The highest BCUT2D eigenvalue weighted by atomic mass is 32.1. The van der Waals surface area contributed by atoms with Crippen LogP contribution in [0.4, 0.5) is 11.5 Å². The van der Waals surface area contributed by atoms with Crippen LogP contribution in [0.2, 0.25) is 0 Å². The predicted molar refractivity (Wildman–Crippen MR) is 119 cm³/mol. The summed E-state index contributed by atoms with van der Waals surface area (Å²) in [5.74, 6) is -0.837. The van der Waals surface area contributed by atoms with Gasteiger partial charge in [-0.2, -0.15) is 11.3 Å². The van der Waals surface area contributed by atoms with Crippen molar-refractivity contribution < 1.29 is 14.4 Å². The highest BCUT2D eigenvalue weighted by Gasteiger charge is 2.50. The number of hydrogen-bond donors (Lipinski definition) is 2. The average Bonchev–Trinajstić information content (AvgIpc) is 3.26. The zero-order valence-corrected chi connectivity index (χ0v) is 18.7. The van der Waals surface area contributed by atoms with Gasteiger partial charge in [-0.3, -0.25) is 14.4 Å². The number of nitrogen functional groups attached to an aromatic ring is 1. The van der Waals surface area contributed by atoms with Crippen LogP contribution in [0.5, 0.6) is 0 Å². The standard InChI is InChI=1S/C22H27N5O3S/c1-13-8-16(9-24-18(13)23)25-19(28)20(29)27-10-14(2)26(21(30)22(3)5-6-22)11-17(27)15-4-7-31-12-15/h4,7-9,12,14,17H,5-6,10-11H2,1-3H3,(H2,23,24)(H,25,28)/t14-,17?/m1/s1. The van der Waals surface area contributed by atoms with E-state index in [2.05, 4.69) is 10.3 Å². The molecule has 31 heavy (non-hydrogen) atoms. The molecule has 8 nitrogen and oxygen atoms in total. The van der Waals surface area contributed by atoms with E-state index in [1.165, 1.54) is 17.5 Å². The number of nitrogens with two attached hydrogens (primary N) is 1. The van der Waals surface area contributed by atoms with Gasteiger partial charge in [0.2, 0.25) is 5.91 Å². The van der Waals surface area contributed by atoms with Gasteiger partial charge in [-0.15, -0.1) is 0 Å². The second-order valence-electron chi connectivity index (χ2n) is 8.78. The zero-order chi connectivity index (χ0) is 22.3. The molecule has 0 spiro atoms. The molecule has 2 aromatic heterocycles. The predicted octanol–water partition coefficient (Wildman–Crippen LogP) is 2.57.